The maximum Gasteiger partial charge on any atom is 0.0568 e. The van der Waals surface area contributed by atoms with Crippen LogP contribution in [0.4, 0.5) is 0 Å². The summed E-state index contributed by atoms with van der Waals surface area (Å²) < 4.78 is 0. The first-order chi connectivity index (χ1) is 5.77. The average Bonchev–Trinajstić information content (AvgIpc) is 2.12. The van der Waals surface area contributed by atoms with Gasteiger partial charge in [0, 0.05) is 0 Å². The molecule has 0 N–H and O–H groups in total. The zero-order valence-electron chi connectivity index (χ0n) is 9.81. The molecule has 0 unspecified atom stereocenters. The van der Waals surface area contributed by atoms with E-state index in [4.69, 9.17) is 0 Å². The molecule has 0 fully saturated rings. The first-order valence-corrected chi connectivity index (χ1v) is 4.85. The number of rotatable bonds is 2. The van der Waals surface area contributed by atoms with Crippen molar-refractivity contribution >= 4 is 6.21 Å². The monoisotopic (exact) mass is 171 g/mol. The number of aliphatic imine (C=N–C) groups is 1. The second-order valence-electron chi connectivity index (χ2n) is 1.90. The molecule has 0 aromatic carbocycles. The summed E-state index contributed by atoms with van der Waals surface area (Å²) >= 11 is 0. The van der Waals surface area contributed by atoms with Gasteiger partial charge in [0.05, 0.1) is 6.54 Å². The van der Waals surface area contributed by atoms with Crippen LogP contribution >= 0.6 is 0 Å². The van der Waals surface area contributed by atoms with Crippen LogP contribution in [0.25, 0.3) is 0 Å². The van der Waals surface area contributed by atoms with Crippen LogP contribution in [-0.4, -0.2) is 12.8 Å². The van der Waals surface area contributed by atoms with Gasteiger partial charge >= 0.3 is 0 Å². The molecular weight excluding hydrogens is 146 g/mol. The molecule has 0 aromatic heterocycles. The molecule has 0 aliphatic rings. The van der Waals surface area contributed by atoms with Crippen LogP contribution in [0.3, 0.4) is 0 Å². The Morgan fingerprint density at radius 2 is 1.50 bits per heavy atom. The molecule has 0 atom stereocenters. The molecule has 0 heterocycles. The van der Waals surface area contributed by atoms with Gasteiger partial charge in [0.2, 0.25) is 0 Å². The Balaban J connectivity index is -0.000000175. The van der Waals surface area contributed by atoms with Crippen LogP contribution < -0.4 is 0 Å². The van der Waals surface area contributed by atoms with Crippen molar-refractivity contribution in [2.75, 3.05) is 6.54 Å². The highest BCUT2D eigenvalue weighted by molar-refractivity contribution is 5.53. The number of hydrogen-bond donors (Lipinski definition) is 0. The SMILES string of the molecule is CC.CC.CC=NCC=C(C)C. The van der Waals surface area contributed by atoms with Crippen molar-refractivity contribution in [3.8, 4) is 0 Å². The Kier molecular flexibility index (Phi) is 32.7. The van der Waals surface area contributed by atoms with Crippen LogP contribution in [0, 0.1) is 0 Å². The lowest BCUT2D eigenvalue weighted by Crippen LogP contribution is -1.73. The standard InChI is InChI=1S/C7H13N.2C2H6/c1-4-8-6-5-7(2)3;2*1-2/h4-5H,6H2,1-3H3;2*1-2H3. The van der Waals surface area contributed by atoms with Crippen molar-refractivity contribution in [3.05, 3.63) is 11.6 Å². The Morgan fingerprint density at radius 1 is 1.08 bits per heavy atom. The second-order valence-corrected chi connectivity index (χ2v) is 1.90. The normalized spacial score (nSPS) is 7.58. The summed E-state index contributed by atoms with van der Waals surface area (Å²) in [7, 11) is 0. The smallest absolute Gasteiger partial charge is 0.0568 e. The number of nitrogens with zero attached hydrogens (tertiary/aromatic N) is 1. The summed E-state index contributed by atoms with van der Waals surface area (Å²) in [4.78, 5) is 4.01. The molecule has 0 aliphatic heterocycles. The van der Waals surface area contributed by atoms with Crippen LogP contribution in [-0.2, 0) is 0 Å². The summed E-state index contributed by atoms with van der Waals surface area (Å²) in [5, 5.41) is 0. The molecule has 0 amide bonds. The Labute approximate surface area is 78.6 Å². The third kappa shape index (κ3) is 34.2. The van der Waals surface area contributed by atoms with Crippen LogP contribution in [0.5, 0.6) is 0 Å². The fourth-order valence-corrected chi connectivity index (χ4v) is 0.341. The summed E-state index contributed by atoms with van der Waals surface area (Å²) in [6, 6.07) is 0. The van der Waals surface area contributed by atoms with Gasteiger partial charge in [-0.2, -0.15) is 0 Å². The zero-order chi connectivity index (χ0) is 10.4. The minimum Gasteiger partial charge on any atom is -0.294 e. The van der Waals surface area contributed by atoms with Gasteiger partial charge in [-0.3, -0.25) is 4.99 Å². The molecule has 0 rings (SSSR count). The summed E-state index contributed by atoms with van der Waals surface area (Å²) in [5.41, 5.74) is 1.33. The van der Waals surface area contributed by atoms with E-state index < -0.39 is 0 Å². The van der Waals surface area contributed by atoms with E-state index in [9.17, 15) is 0 Å². The van der Waals surface area contributed by atoms with Crippen molar-refractivity contribution in [1.29, 1.82) is 0 Å². The summed E-state index contributed by atoms with van der Waals surface area (Å²) in [6.45, 7) is 14.9. The van der Waals surface area contributed by atoms with Gasteiger partial charge in [-0.25, -0.2) is 0 Å². The topological polar surface area (TPSA) is 12.4 Å². The molecule has 0 aliphatic carbocycles. The zero-order valence-corrected chi connectivity index (χ0v) is 9.81. The van der Waals surface area contributed by atoms with E-state index in [-0.39, 0.29) is 0 Å². The van der Waals surface area contributed by atoms with Gasteiger partial charge in [-0.1, -0.05) is 39.3 Å². The third-order valence-electron chi connectivity index (χ3n) is 0.788. The van der Waals surface area contributed by atoms with E-state index in [1.54, 1.807) is 0 Å². The lowest BCUT2D eigenvalue weighted by atomic mass is 10.3. The predicted octanol–water partition coefficient (Wildman–Crippen LogP) is 4.10. The van der Waals surface area contributed by atoms with Crippen LogP contribution in [0.15, 0.2) is 16.6 Å². The van der Waals surface area contributed by atoms with Gasteiger partial charge in [-0.05, 0) is 27.0 Å². The number of hydrogen-bond acceptors (Lipinski definition) is 1. The van der Waals surface area contributed by atoms with E-state index in [1.807, 2.05) is 40.8 Å². The quantitative estimate of drug-likeness (QED) is 0.438. The highest BCUT2D eigenvalue weighted by atomic mass is 14.7. The van der Waals surface area contributed by atoms with Crippen molar-refractivity contribution in [3.63, 3.8) is 0 Å². The van der Waals surface area contributed by atoms with E-state index in [0.29, 0.717) is 0 Å². The fourth-order valence-electron chi connectivity index (χ4n) is 0.341. The minimum absolute atomic E-state index is 0.832. The highest BCUT2D eigenvalue weighted by Crippen LogP contribution is 1.86. The van der Waals surface area contributed by atoms with E-state index in [2.05, 4.69) is 24.9 Å². The molecule has 1 heteroatoms. The maximum atomic E-state index is 4.01. The molecule has 12 heavy (non-hydrogen) atoms. The van der Waals surface area contributed by atoms with Crippen molar-refractivity contribution < 1.29 is 0 Å². The molecule has 0 radical (unpaired) electrons. The first kappa shape index (κ1) is 17.5. The van der Waals surface area contributed by atoms with E-state index in [0.717, 1.165) is 6.54 Å². The average molecular weight is 171 g/mol. The molecule has 0 saturated carbocycles. The largest absolute Gasteiger partial charge is 0.294 e. The summed E-state index contributed by atoms with van der Waals surface area (Å²) in [6.07, 6.45) is 3.92. The molecule has 0 bridgehead atoms. The van der Waals surface area contributed by atoms with Gasteiger partial charge in [0.25, 0.3) is 0 Å². The lowest BCUT2D eigenvalue weighted by molar-refractivity contribution is 1.21. The highest BCUT2D eigenvalue weighted by Gasteiger charge is 1.71. The summed E-state index contributed by atoms with van der Waals surface area (Å²) in [5.74, 6) is 0. The van der Waals surface area contributed by atoms with Crippen molar-refractivity contribution in [2.45, 2.75) is 48.5 Å². The Morgan fingerprint density at radius 3 is 1.75 bits per heavy atom. The van der Waals surface area contributed by atoms with Crippen molar-refractivity contribution in [1.82, 2.24) is 0 Å². The van der Waals surface area contributed by atoms with E-state index >= 15 is 0 Å². The molecule has 1 nitrogen and oxygen atoms in total. The number of allylic oxidation sites excluding steroid dienone is 1. The molecule has 0 saturated heterocycles. The predicted molar refractivity (Wildman–Crippen MR) is 61.2 cm³/mol. The van der Waals surface area contributed by atoms with E-state index in [1.165, 1.54) is 5.57 Å². The third-order valence-corrected chi connectivity index (χ3v) is 0.788. The fraction of sp³-hybridized carbons (Fsp3) is 0.727. The Hall–Kier alpha value is -0.590. The first-order valence-electron chi connectivity index (χ1n) is 4.85. The van der Waals surface area contributed by atoms with Crippen molar-refractivity contribution in [2.24, 2.45) is 4.99 Å². The molecule has 74 valence electrons. The van der Waals surface area contributed by atoms with Crippen LogP contribution in [0.2, 0.25) is 0 Å². The molecular formula is C11H25N. The minimum atomic E-state index is 0.832. The lowest BCUT2D eigenvalue weighted by Gasteiger charge is -1.83. The second kappa shape index (κ2) is 22.4. The van der Waals surface area contributed by atoms with Gasteiger partial charge in [-0.15, -0.1) is 0 Å². The van der Waals surface area contributed by atoms with Gasteiger partial charge in [0.1, 0.15) is 0 Å². The molecule has 0 aromatic rings. The molecule has 0 spiro atoms. The van der Waals surface area contributed by atoms with Gasteiger partial charge < -0.3 is 0 Å². The Bertz CT molecular complexity index is 97.6. The van der Waals surface area contributed by atoms with Crippen LogP contribution in [0.1, 0.15) is 48.5 Å². The maximum absolute atomic E-state index is 4.01. The van der Waals surface area contributed by atoms with Gasteiger partial charge in [0.15, 0.2) is 0 Å².